The van der Waals surface area contributed by atoms with Crippen LogP contribution < -0.4 is 0 Å². The molecule has 0 saturated carbocycles. The second-order valence-corrected chi connectivity index (χ2v) is 8.36. The zero-order valence-corrected chi connectivity index (χ0v) is 11.7. The molecule has 0 fully saturated rings. The third kappa shape index (κ3) is 4.43. The van der Waals surface area contributed by atoms with Crippen LogP contribution in [0.15, 0.2) is 0 Å². The minimum Gasteiger partial charge on any atom is -0.185 e. The molecule has 0 unspecified atom stereocenters. The summed E-state index contributed by atoms with van der Waals surface area (Å²) in [7, 11) is -5.03. The molecule has 0 aromatic carbocycles. The molecule has 0 N–H and O–H groups in total. The SMILES string of the molecule is N#CS(C#N)(C#N)CCCCCS(C#N)(C#N)C#N. The molecule has 19 heavy (non-hydrogen) atoms. The molecular formula is C11H10N6S2. The summed E-state index contributed by atoms with van der Waals surface area (Å²) in [5, 5.41) is 63.4. The van der Waals surface area contributed by atoms with E-state index in [0.29, 0.717) is 19.3 Å². The van der Waals surface area contributed by atoms with Gasteiger partial charge >= 0.3 is 0 Å². The average molecular weight is 290 g/mol. The standard InChI is InChI=1S/C11H10N6S2/c12-6-18(7-13,8-14)4-2-1-3-5-19(9-15,10-16)11-17/h1-5H2. The van der Waals surface area contributed by atoms with Crippen LogP contribution in [0.2, 0.25) is 0 Å². The third-order valence-electron chi connectivity index (χ3n) is 2.34. The summed E-state index contributed by atoms with van der Waals surface area (Å²) < 4.78 is 0. The van der Waals surface area contributed by atoms with E-state index in [-0.39, 0.29) is 11.5 Å². The fourth-order valence-corrected chi connectivity index (χ4v) is 3.28. The van der Waals surface area contributed by atoms with Crippen molar-refractivity contribution in [3.8, 4) is 32.4 Å². The Balaban J connectivity index is 4.26. The molecule has 0 heterocycles. The van der Waals surface area contributed by atoms with Crippen LogP contribution in [0, 0.1) is 64.0 Å². The van der Waals surface area contributed by atoms with Gasteiger partial charge in [-0.05, 0) is 12.8 Å². The van der Waals surface area contributed by atoms with Gasteiger partial charge in [-0.15, -0.1) is 0 Å². The van der Waals surface area contributed by atoms with Crippen molar-refractivity contribution in [3.63, 3.8) is 0 Å². The second kappa shape index (κ2) is 7.87. The van der Waals surface area contributed by atoms with E-state index in [4.69, 9.17) is 31.6 Å². The number of rotatable bonds is 6. The Morgan fingerprint density at radius 3 is 0.947 bits per heavy atom. The van der Waals surface area contributed by atoms with Crippen molar-refractivity contribution >= 4 is 20.1 Å². The minimum atomic E-state index is -2.51. The first kappa shape index (κ1) is 16.6. The van der Waals surface area contributed by atoms with Crippen LogP contribution in [0.3, 0.4) is 0 Å². The molecule has 0 aliphatic heterocycles. The number of hydrogen-bond donors (Lipinski definition) is 0. The van der Waals surface area contributed by atoms with Gasteiger partial charge in [0.15, 0.2) is 0 Å². The lowest BCUT2D eigenvalue weighted by Crippen LogP contribution is -2.00. The normalized spacial score (nSPS) is 11.5. The van der Waals surface area contributed by atoms with Crippen molar-refractivity contribution in [2.75, 3.05) is 11.5 Å². The zero-order chi connectivity index (χ0) is 14.8. The number of nitriles is 6. The minimum absolute atomic E-state index is 0.213. The van der Waals surface area contributed by atoms with E-state index in [1.54, 1.807) is 32.4 Å². The van der Waals surface area contributed by atoms with E-state index in [2.05, 4.69) is 0 Å². The second-order valence-electron chi connectivity index (χ2n) is 3.50. The van der Waals surface area contributed by atoms with Gasteiger partial charge in [0.1, 0.15) is 32.4 Å². The lowest BCUT2D eigenvalue weighted by molar-refractivity contribution is 0.784. The Kier molecular flexibility index (Phi) is 6.89. The number of hydrogen-bond acceptors (Lipinski definition) is 6. The monoisotopic (exact) mass is 290 g/mol. The summed E-state index contributed by atoms with van der Waals surface area (Å²) in [5.74, 6) is 0.426. The number of thiocyanates is 6. The summed E-state index contributed by atoms with van der Waals surface area (Å²) in [4.78, 5) is 0. The van der Waals surface area contributed by atoms with Crippen molar-refractivity contribution < 1.29 is 0 Å². The van der Waals surface area contributed by atoms with E-state index in [1.807, 2.05) is 0 Å². The fourth-order valence-electron chi connectivity index (χ4n) is 1.21. The van der Waals surface area contributed by atoms with Crippen LogP contribution in [0.25, 0.3) is 0 Å². The maximum Gasteiger partial charge on any atom is 0.140 e. The van der Waals surface area contributed by atoms with Crippen molar-refractivity contribution in [2.45, 2.75) is 19.3 Å². The largest absolute Gasteiger partial charge is 0.185 e. The Labute approximate surface area is 115 Å². The molecule has 0 radical (unpaired) electrons. The molecule has 8 heteroatoms. The van der Waals surface area contributed by atoms with Gasteiger partial charge in [-0.2, -0.15) is 31.6 Å². The number of unbranched alkanes of at least 4 members (excludes halogenated alkanes) is 2. The summed E-state index contributed by atoms with van der Waals surface area (Å²) >= 11 is 0. The van der Waals surface area contributed by atoms with Gasteiger partial charge in [0.25, 0.3) is 0 Å². The molecule has 0 amide bonds. The molecule has 0 aromatic rings. The van der Waals surface area contributed by atoms with Crippen LogP contribution in [0.4, 0.5) is 0 Å². The average Bonchev–Trinajstić information content (AvgIpc) is 2.48. The summed E-state index contributed by atoms with van der Waals surface area (Å²) in [5.41, 5.74) is 0. The van der Waals surface area contributed by atoms with Crippen molar-refractivity contribution in [1.29, 1.82) is 31.6 Å². The third-order valence-corrected chi connectivity index (χ3v) is 6.01. The van der Waals surface area contributed by atoms with Crippen LogP contribution in [0.5, 0.6) is 0 Å². The van der Waals surface area contributed by atoms with Crippen LogP contribution in [-0.4, -0.2) is 11.5 Å². The van der Waals surface area contributed by atoms with Gasteiger partial charge < -0.3 is 0 Å². The first-order valence-electron chi connectivity index (χ1n) is 5.14. The molecule has 6 nitrogen and oxygen atoms in total. The molecule has 0 spiro atoms. The summed E-state index contributed by atoms with van der Waals surface area (Å²) in [6.07, 6.45) is 1.59. The molecule has 0 atom stereocenters. The molecule has 96 valence electrons. The smallest absolute Gasteiger partial charge is 0.140 e. The highest BCUT2D eigenvalue weighted by Gasteiger charge is 2.24. The van der Waals surface area contributed by atoms with Crippen molar-refractivity contribution in [1.82, 2.24) is 0 Å². The Hall–Kier alpha value is -2.36. The molecule has 0 rings (SSSR count). The maximum atomic E-state index is 8.79. The van der Waals surface area contributed by atoms with Crippen molar-refractivity contribution in [2.24, 2.45) is 0 Å². The highest BCUT2D eigenvalue weighted by Crippen LogP contribution is 2.46. The molecule has 0 saturated heterocycles. The first-order chi connectivity index (χ1) is 9.07. The van der Waals surface area contributed by atoms with Crippen LogP contribution in [0.1, 0.15) is 19.3 Å². The van der Waals surface area contributed by atoms with Gasteiger partial charge in [-0.25, -0.2) is 0 Å². The zero-order valence-electron chi connectivity index (χ0n) is 10.0. The van der Waals surface area contributed by atoms with Gasteiger partial charge in [0.2, 0.25) is 0 Å². The van der Waals surface area contributed by atoms with E-state index >= 15 is 0 Å². The van der Waals surface area contributed by atoms with Gasteiger partial charge in [-0.1, -0.05) is 6.42 Å². The summed E-state index contributed by atoms with van der Waals surface area (Å²) in [6.45, 7) is 0. The van der Waals surface area contributed by atoms with E-state index in [9.17, 15) is 0 Å². The maximum absolute atomic E-state index is 8.79. The lowest BCUT2D eigenvalue weighted by Gasteiger charge is -2.15. The van der Waals surface area contributed by atoms with Crippen LogP contribution >= 0.6 is 20.1 Å². The Morgan fingerprint density at radius 2 is 0.737 bits per heavy atom. The topological polar surface area (TPSA) is 143 Å². The summed E-state index contributed by atoms with van der Waals surface area (Å²) in [6, 6.07) is 0. The van der Waals surface area contributed by atoms with E-state index in [1.165, 1.54) is 0 Å². The highest BCUT2D eigenvalue weighted by atomic mass is 32.3. The van der Waals surface area contributed by atoms with Gasteiger partial charge in [-0.3, -0.25) is 0 Å². The predicted molar refractivity (Wildman–Crippen MR) is 72.4 cm³/mol. The fraction of sp³-hybridized carbons (Fsp3) is 0.455. The van der Waals surface area contributed by atoms with E-state index < -0.39 is 20.1 Å². The van der Waals surface area contributed by atoms with Crippen LogP contribution in [-0.2, 0) is 0 Å². The molecule has 0 bridgehead atoms. The van der Waals surface area contributed by atoms with Gasteiger partial charge in [0, 0.05) is 31.6 Å². The molecule has 0 aliphatic rings. The Bertz CT molecular complexity index is 447. The highest BCUT2D eigenvalue weighted by molar-refractivity contribution is 8.44. The molecular weight excluding hydrogens is 280 g/mol. The first-order valence-corrected chi connectivity index (χ1v) is 8.75. The molecule has 0 aliphatic carbocycles. The predicted octanol–water partition coefficient (Wildman–Crippen LogP) is 2.65. The Morgan fingerprint density at radius 1 is 0.474 bits per heavy atom. The van der Waals surface area contributed by atoms with Gasteiger partial charge in [0.05, 0.1) is 0 Å². The number of nitrogens with zero attached hydrogens (tertiary/aromatic N) is 6. The molecule has 0 aromatic heterocycles. The lowest BCUT2D eigenvalue weighted by atomic mass is 10.3. The quantitative estimate of drug-likeness (QED) is 0.543. The van der Waals surface area contributed by atoms with Crippen molar-refractivity contribution in [3.05, 3.63) is 0 Å². The van der Waals surface area contributed by atoms with E-state index in [0.717, 1.165) is 0 Å².